The molecule has 3 aromatic heterocycles. The molecule has 120 valence electrons. The molecule has 1 aliphatic carbocycles. The summed E-state index contributed by atoms with van der Waals surface area (Å²) in [4.78, 5) is 15.1. The second-order valence-corrected chi connectivity index (χ2v) is 8.25. The van der Waals surface area contributed by atoms with Gasteiger partial charge in [0.2, 0.25) is 0 Å². The summed E-state index contributed by atoms with van der Waals surface area (Å²) in [5.41, 5.74) is 3.81. The van der Waals surface area contributed by atoms with Gasteiger partial charge in [0.25, 0.3) is 0 Å². The molecular formula is C18H21N3S2. The quantitative estimate of drug-likeness (QED) is 0.341. The van der Waals surface area contributed by atoms with E-state index in [2.05, 4.69) is 23.0 Å². The number of aromatic nitrogens is 3. The number of hydrogen-bond acceptors (Lipinski definition) is 5. The van der Waals surface area contributed by atoms with Gasteiger partial charge in [0.05, 0.1) is 10.2 Å². The van der Waals surface area contributed by atoms with Crippen LogP contribution in [-0.4, -0.2) is 20.7 Å². The molecule has 0 fully saturated rings. The first-order valence-corrected chi connectivity index (χ1v) is 10.4. The van der Waals surface area contributed by atoms with Crippen molar-refractivity contribution in [2.45, 2.75) is 56.9 Å². The maximum absolute atomic E-state index is 4.90. The largest absolute Gasteiger partial charge is 0.242 e. The van der Waals surface area contributed by atoms with E-state index >= 15 is 0 Å². The molecule has 1 aliphatic rings. The highest BCUT2D eigenvalue weighted by atomic mass is 32.2. The predicted octanol–water partition coefficient (Wildman–Crippen LogP) is 5.40. The first-order valence-electron chi connectivity index (χ1n) is 8.55. The summed E-state index contributed by atoms with van der Waals surface area (Å²) in [5, 5.41) is 2.36. The smallest absolute Gasteiger partial charge is 0.126 e. The normalized spacial score (nSPS) is 14.0. The molecule has 5 heteroatoms. The molecule has 0 bridgehead atoms. The summed E-state index contributed by atoms with van der Waals surface area (Å²) < 4.78 is 1.22. The van der Waals surface area contributed by atoms with E-state index in [1.165, 1.54) is 59.9 Å². The minimum atomic E-state index is 1.10. The van der Waals surface area contributed by atoms with Crippen LogP contribution in [0.15, 0.2) is 17.4 Å². The highest BCUT2D eigenvalue weighted by Crippen LogP contribution is 2.38. The molecule has 3 nitrogen and oxygen atoms in total. The van der Waals surface area contributed by atoms with Gasteiger partial charge >= 0.3 is 0 Å². The fourth-order valence-corrected chi connectivity index (χ4v) is 5.45. The molecule has 0 saturated carbocycles. The van der Waals surface area contributed by atoms with Gasteiger partial charge in [-0.2, -0.15) is 0 Å². The number of nitrogens with zero attached hydrogens (tertiary/aromatic N) is 3. The molecule has 0 aromatic carbocycles. The van der Waals surface area contributed by atoms with E-state index in [0.717, 1.165) is 27.5 Å². The fourth-order valence-electron chi connectivity index (χ4n) is 3.24. The fraction of sp³-hybridized carbons (Fsp3) is 0.500. The molecule has 0 amide bonds. The lowest BCUT2D eigenvalue weighted by atomic mass is 10.2. The van der Waals surface area contributed by atoms with Crippen LogP contribution in [-0.2, 0) is 12.8 Å². The molecule has 3 heterocycles. The number of pyridine rings is 1. The summed E-state index contributed by atoms with van der Waals surface area (Å²) in [6.45, 7) is 2.25. The van der Waals surface area contributed by atoms with Crippen LogP contribution < -0.4 is 0 Å². The van der Waals surface area contributed by atoms with Crippen LogP contribution in [0, 0.1) is 0 Å². The van der Waals surface area contributed by atoms with E-state index in [1.54, 1.807) is 17.7 Å². The Morgan fingerprint density at radius 2 is 2.13 bits per heavy atom. The Bertz CT molecular complexity index is 841. The van der Waals surface area contributed by atoms with Gasteiger partial charge in [-0.05, 0) is 43.1 Å². The molecule has 0 aliphatic heterocycles. The predicted molar refractivity (Wildman–Crippen MR) is 99.6 cm³/mol. The van der Waals surface area contributed by atoms with Gasteiger partial charge in [0.1, 0.15) is 16.2 Å². The van der Waals surface area contributed by atoms with Crippen LogP contribution in [0.4, 0.5) is 0 Å². The molecule has 0 spiro atoms. The van der Waals surface area contributed by atoms with Crippen LogP contribution in [0.3, 0.4) is 0 Å². The molecule has 23 heavy (non-hydrogen) atoms. The number of fused-ring (bicyclic) bond motifs is 4. The second kappa shape index (κ2) is 6.73. The summed E-state index contributed by atoms with van der Waals surface area (Å²) in [5.74, 6) is 1.14. The zero-order chi connectivity index (χ0) is 15.6. The first kappa shape index (κ1) is 15.3. The minimum absolute atomic E-state index is 1.10. The molecule has 0 unspecified atom stereocenters. The van der Waals surface area contributed by atoms with Gasteiger partial charge in [0.15, 0.2) is 0 Å². The van der Waals surface area contributed by atoms with Crippen LogP contribution in [0.1, 0.15) is 50.3 Å². The van der Waals surface area contributed by atoms with Crippen LogP contribution in [0.5, 0.6) is 0 Å². The summed E-state index contributed by atoms with van der Waals surface area (Å²) in [7, 11) is 0. The molecule has 0 radical (unpaired) electrons. The van der Waals surface area contributed by atoms with Gasteiger partial charge in [-0.15, -0.1) is 23.1 Å². The van der Waals surface area contributed by atoms with Crippen molar-refractivity contribution in [3.63, 3.8) is 0 Å². The molecule has 4 rings (SSSR count). The highest BCUT2D eigenvalue weighted by molar-refractivity contribution is 7.99. The summed E-state index contributed by atoms with van der Waals surface area (Å²) in [6.07, 6.45) is 10.5. The lowest BCUT2D eigenvalue weighted by Crippen LogP contribution is -1.88. The van der Waals surface area contributed by atoms with Gasteiger partial charge in [0, 0.05) is 11.1 Å². The van der Waals surface area contributed by atoms with Crippen molar-refractivity contribution in [3.05, 3.63) is 23.7 Å². The van der Waals surface area contributed by atoms with Crippen molar-refractivity contribution < 1.29 is 0 Å². The monoisotopic (exact) mass is 343 g/mol. The molecule has 0 atom stereocenters. The van der Waals surface area contributed by atoms with Crippen LogP contribution in [0.2, 0.25) is 0 Å². The molecule has 0 saturated heterocycles. The van der Waals surface area contributed by atoms with E-state index in [4.69, 9.17) is 4.98 Å². The minimum Gasteiger partial charge on any atom is -0.242 e. The average molecular weight is 344 g/mol. The average Bonchev–Trinajstić information content (AvgIpc) is 3.16. The zero-order valence-electron chi connectivity index (χ0n) is 13.5. The topological polar surface area (TPSA) is 38.7 Å². The Balaban J connectivity index is 1.66. The first-order chi connectivity index (χ1) is 11.4. The van der Waals surface area contributed by atoms with Crippen LogP contribution >= 0.6 is 23.1 Å². The number of aryl methyl sites for hydroxylation is 2. The Hall–Kier alpha value is -1.20. The Labute approximate surface area is 144 Å². The third-order valence-electron chi connectivity index (χ3n) is 4.48. The second-order valence-electron chi connectivity index (χ2n) is 6.17. The maximum atomic E-state index is 4.90. The molecule has 0 N–H and O–H groups in total. The van der Waals surface area contributed by atoms with E-state index in [1.807, 2.05) is 11.8 Å². The number of thiophene rings is 1. The zero-order valence-corrected chi connectivity index (χ0v) is 15.1. The lowest BCUT2D eigenvalue weighted by molar-refractivity contribution is 0.706. The van der Waals surface area contributed by atoms with E-state index in [9.17, 15) is 0 Å². The number of rotatable bonds is 6. The third kappa shape index (κ3) is 2.96. The van der Waals surface area contributed by atoms with Crippen molar-refractivity contribution in [2.24, 2.45) is 0 Å². The Morgan fingerprint density at radius 3 is 3.04 bits per heavy atom. The highest BCUT2D eigenvalue weighted by Gasteiger charge is 2.18. The van der Waals surface area contributed by atoms with Crippen molar-refractivity contribution in [2.75, 3.05) is 5.75 Å². The van der Waals surface area contributed by atoms with Gasteiger partial charge in [-0.1, -0.05) is 26.2 Å². The van der Waals surface area contributed by atoms with Crippen molar-refractivity contribution in [3.8, 4) is 0 Å². The van der Waals surface area contributed by atoms with Gasteiger partial charge in [-0.25, -0.2) is 15.0 Å². The number of unbranched alkanes of at least 4 members (excludes halogenated alkanes) is 3. The van der Waals surface area contributed by atoms with Crippen molar-refractivity contribution >= 4 is 43.5 Å². The Morgan fingerprint density at radius 1 is 1.17 bits per heavy atom. The SMILES string of the molecule is CCCCCCSc1ncnc2c1sc1nc3c(cc12)CCC3. The van der Waals surface area contributed by atoms with Gasteiger partial charge < -0.3 is 0 Å². The van der Waals surface area contributed by atoms with E-state index in [0.29, 0.717) is 0 Å². The van der Waals surface area contributed by atoms with Crippen molar-refractivity contribution in [1.29, 1.82) is 0 Å². The number of thioether (sulfide) groups is 1. The number of hydrogen-bond donors (Lipinski definition) is 0. The third-order valence-corrected chi connectivity index (χ3v) is 6.78. The maximum Gasteiger partial charge on any atom is 0.126 e. The lowest BCUT2D eigenvalue weighted by Gasteiger charge is -2.01. The molecular weight excluding hydrogens is 322 g/mol. The van der Waals surface area contributed by atoms with Crippen molar-refractivity contribution in [1.82, 2.24) is 15.0 Å². The van der Waals surface area contributed by atoms with Crippen LogP contribution in [0.25, 0.3) is 20.4 Å². The standard InChI is InChI=1S/C18H21N3S2/c1-2-3-4-5-9-22-18-16-15(19-11-20-18)13-10-12-7-6-8-14(12)21-17(13)23-16/h10-11H,2-9H2,1H3. The van der Waals surface area contributed by atoms with E-state index in [-0.39, 0.29) is 0 Å². The van der Waals surface area contributed by atoms with Gasteiger partial charge in [-0.3, -0.25) is 0 Å². The molecule has 3 aromatic rings. The summed E-state index contributed by atoms with van der Waals surface area (Å²) in [6, 6.07) is 2.33. The summed E-state index contributed by atoms with van der Waals surface area (Å²) >= 11 is 3.64. The Kier molecular flexibility index (Phi) is 4.49. The van der Waals surface area contributed by atoms with E-state index < -0.39 is 0 Å².